The number of halogens is 1. The van der Waals surface area contributed by atoms with Crippen molar-refractivity contribution in [3.05, 3.63) is 40.9 Å². The smallest absolute Gasteiger partial charge is 0.266 e. The van der Waals surface area contributed by atoms with Crippen molar-refractivity contribution < 1.29 is 9.53 Å². The molecule has 0 heterocycles. The highest BCUT2D eigenvalue weighted by Gasteiger charge is 2.08. The molecule has 1 aromatic carbocycles. The summed E-state index contributed by atoms with van der Waals surface area (Å²) in [5.74, 6) is -0.473. The Balaban J connectivity index is 2.69. The molecule has 0 radical (unpaired) electrons. The number of benzene rings is 1. The predicted octanol–water partition coefficient (Wildman–Crippen LogP) is 2.76. The van der Waals surface area contributed by atoms with E-state index in [2.05, 4.69) is 5.32 Å². The van der Waals surface area contributed by atoms with Crippen LogP contribution in [0.2, 0.25) is 5.02 Å². The quantitative estimate of drug-likeness (QED) is 0.505. The summed E-state index contributed by atoms with van der Waals surface area (Å²) in [6.45, 7) is 2.61. The summed E-state index contributed by atoms with van der Waals surface area (Å²) in [4.78, 5) is 11.7. The SMILES string of the molecule is CCOCC=C(C#N)C(=O)Nc1cccc(Cl)c1. The van der Waals surface area contributed by atoms with Crippen LogP contribution in [0, 0.1) is 11.3 Å². The summed E-state index contributed by atoms with van der Waals surface area (Å²) in [5.41, 5.74) is 0.563. The molecule has 1 N–H and O–H groups in total. The summed E-state index contributed by atoms with van der Waals surface area (Å²) in [5, 5.41) is 12.0. The number of rotatable bonds is 5. The number of hydrogen-bond acceptors (Lipinski definition) is 3. The van der Waals surface area contributed by atoms with E-state index in [1.54, 1.807) is 24.3 Å². The molecule has 0 aromatic heterocycles. The number of hydrogen-bond donors (Lipinski definition) is 1. The first-order valence-electron chi connectivity index (χ1n) is 5.42. The minimum atomic E-state index is -0.473. The molecule has 0 unspecified atom stereocenters. The maximum Gasteiger partial charge on any atom is 0.266 e. The van der Waals surface area contributed by atoms with Gasteiger partial charge in [0.15, 0.2) is 0 Å². The maximum atomic E-state index is 11.7. The van der Waals surface area contributed by atoms with Gasteiger partial charge < -0.3 is 10.1 Å². The van der Waals surface area contributed by atoms with Crippen molar-refractivity contribution >= 4 is 23.2 Å². The van der Waals surface area contributed by atoms with E-state index in [1.807, 2.05) is 13.0 Å². The van der Waals surface area contributed by atoms with Gasteiger partial charge in [0.1, 0.15) is 11.6 Å². The molecule has 0 aliphatic carbocycles. The molecule has 0 saturated heterocycles. The minimum Gasteiger partial charge on any atom is -0.378 e. The van der Waals surface area contributed by atoms with E-state index in [-0.39, 0.29) is 12.2 Å². The second kappa shape index (κ2) is 7.49. The van der Waals surface area contributed by atoms with Crippen molar-refractivity contribution in [2.24, 2.45) is 0 Å². The first-order chi connectivity index (χ1) is 8.67. The lowest BCUT2D eigenvalue weighted by molar-refractivity contribution is -0.112. The fourth-order valence-corrected chi connectivity index (χ4v) is 1.40. The highest BCUT2D eigenvalue weighted by molar-refractivity contribution is 6.31. The van der Waals surface area contributed by atoms with Gasteiger partial charge in [-0.15, -0.1) is 0 Å². The first kappa shape index (κ1) is 14.2. The number of anilines is 1. The number of carbonyl (C=O) groups excluding carboxylic acids is 1. The second-order valence-electron chi connectivity index (χ2n) is 3.35. The van der Waals surface area contributed by atoms with E-state index in [0.717, 1.165) is 0 Å². The van der Waals surface area contributed by atoms with Gasteiger partial charge in [0.25, 0.3) is 5.91 Å². The van der Waals surface area contributed by atoms with E-state index in [0.29, 0.717) is 17.3 Å². The third kappa shape index (κ3) is 4.58. The molecule has 94 valence electrons. The molecule has 1 aromatic rings. The van der Waals surface area contributed by atoms with Crippen LogP contribution in [0.5, 0.6) is 0 Å². The molecule has 0 aliphatic rings. The Morgan fingerprint density at radius 1 is 1.61 bits per heavy atom. The third-order valence-corrected chi connectivity index (χ3v) is 2.29. The van der Waals surface area contributed by atoms with Crippen LogP contribution in [0.4, 0.5) is 5.69 Å². The van der Waals surface area contributed by atoms with Crippen molar-refractivity contribution in [2.75, 3.05) is 18.5 Å². The molecule has 1 amide bonds. The highest BCUT2D eigenvalue weighted by atomic mass is 35.5. The molecule has 0 fully saturated rings. The lowest BCUT2D eigenvalue weighted by atomic mass is 10.2. The third-order valence-electron chi connectivity index (χ3n) is 2.06. The van der Waals surface area contributed by atoms with Gasteiger partial charge in [-0.2, -0.15) is 5.26 Å². The van der Waals surface area contributed by atoms with E-state index in [1.165, 1.54) is 6.08 Å². The van der Waals surface area contributed by atoms with Crippen LogP contribution in [-0.4, -0.2) is 19.1 Å². The van der Waals surface area contributed by atoms with Crippen LogP contribution in [0.15, 0.2) is 35.9 Å². The van der Waals surface area contributed by atoms with Crippen LogP contribution in [0.25, 0.3) is 0 Å². The van der Waals surface area contributed by atoms with Gasteiger partial charge in [0.05, 0.1) is 6.61 Å². The largest absolute Gasteiger partial charge is 0.378 e. The zero-order valence-corrected chi connectivity index (χ0v) is 10.7. The number of amides is 1. The lowest BCUT2D eigenvalue weighted by Crippen LogP contribution is -2.14. The van der Waals surface area contributed by atoms with Crippen LogP contribution in [0.1, 0.15) is 6.92 Å². The average Bonchev–Trinajstić information content (AvgIpc) is 2.34. The van der Waals surface area contributed by atoms with Gasteiger partial charge in [-0.3, -0.25) is 4.79 Å². The summed E-state index contributed by atoms with van der Waals surface area (Å²) in [7, 11) is 0. The van der Waals surface area contributed by atoms with Gasteiger partial charge in [0.2, 0.25) is 0 Å². The van der Waals surface area contributed by atoms with Gasteiger partial charge in [0, 0.05) is 17.3 Å². The van der Waals surface area contributed by atoms with Crippen LogP contribution in [-0.2, 0) is 9.53 Å². The molecule has 5 heteroatoms. The number of carbonyl (C=O) groups is 1. The van der Waals surface area contributed by atoms with Crippen LogP contribution >= 0.6 is 11.6 Å². The average molecular weight is 265 g/mol. The summed E-state index contributed by atoms with van der Waals surface area (Å²) in [6.07, 6.45) is 1.45. The molecule has 0 spiro atoms. The molecular formula is C13H13ClN2O2. The van der Waals surface area contributed by atoms with E-state index >= 15 is 0 Å². The number of nitrogens with zero attached hydrogens (tertiary/aromatic N) is 1. The number of nitriles is 1. The molecule has 1 rings (SSSR count). The van der Waals surface area contributed by atoms with Crippen molar-refractivity contribution in [3.63, 3.8) is 0 Å². The van der Waals surface area contributed by atoms with E-state index in [9.17, 15) is 4.79 Å². The Morgan fingerprint density at radius 3 is 3.00 bits per heavy atom. The number of nitrogens with one attached hydrogen (secondary N) is 1. The summed E-state index contributed by atoms with van der Waals surface area (Å²) in [6, 6.07) is 8.55. The van der Waals surface area contributed by atoms with Gasteiger partial charge in [-0.1, -0.05) is 17.7 Å². The van der Waals surface area contributed by atoms with Crippen molar-refractivity contribution in [3.8, 4) is 6.07 Å². The maximum absolute atomic E-state index is 11.7. The molecule has 0 atom stereocenters. The molecule has 18 heavy (non-hydrogen) atoms. The van der Waals surface area contributed by atoms with Crippen molar-refractivity contribution in [1.82, 2.24) is 0 Å². The predicted molar refractivity (Wildman–Crippen MR) is 70.3 cm³/mol. The first-order valence-corrected chi connectivity index (χ1v) is 5.80. The Morgan fingerprint density at radius 2 is 2.39 bits per heavy atom. The van der Waals surface area contributed by atoms with Crippen LogP contribution in [0.3, 0.4) is 0 Å². The molecular weight excluding hydrogens is 252 g/mol. The molecule has 0 aliphatic heterocycles. The Kier molecular flexibility index (Phi) is 5.92. The Hall–Kier alpha value is -1.83. The molecule has 0 bridgehead atoms. The van der Waals surface area contributed by atoms with Crippen molar-refractivity contribution in [1.29, 1.82) is 5.26 Å². The van der Waals surface area contributed by atoms with E-state index in [4.69, 9.17) is 21.6 Å². The van der Waals surface area contributed by atoms with Gasteiger partial charge in [-0.05, 0) is 31.2 Å². The topological polar surface area (TPSA) is 62.1 Å². The zero-order chi connectivity index (χ0) is 13.4. The zero-order valence-electron chi connectivity index (χ0n) is 9.94. The fraction of sp³-hybridized carbons (Fsp3) is 0.231. The summed E-state index contributed by atoms with van der Waals surface area (Å²) >= 11 is 5.79. The Labute approximate surface area is 111 Å². The molecule has 4 nitrogen and oxygen atoms in total. The highest BCUT2D eigenvalue weighted by Crippen LogP contribution is 2.15. The fourth-order valence-electron chi connectivity index (χ4n) is 1.21. The lowest BCUT2D eigenvalue weighted by Gasteiger charge is -2.04. The minimum absolute atomic E-state index is 0.0171. The standard InChI is InChI=1S/C13H13ClN2O2/c1-2-18-7-6-10(9-15)13(17)16-12-5-3-4-11(14)8-12/h3-6,8H,2,7H2,1H3,(H,16,17). The van der Waals surface area contributed by atoms with Gasteiger partial charge in [-0.25, -0.2) is 0 Å². The summed E-state index contributed by atoms with van der Waals surface area (Å²) < 4.78 is 5.06. The molecule has 0 saturated carbocycles. The number of ether oxygens (including phenoxy) is 1. The van der Waals surface area contributed by atoms with Crippen molar-refractivity contribution in [2.45, 2.75) is 6.92 Å². The Bertz CT molecular complexity index is 492. The normalized spacial score (nSPS) is 10.8. The monoisotopic (exact) mass is 264 g/mol. The van der Waals surface area contributed by atoms with E-state index < -0.39 is 5.91 Å². The van der Waals surface area contributed by atoms with Gasteiger partial charge >= 0.3 is 0 Å². The van der Waals surface area contributed by atoms with Crippen LogP contribution < -0.4 is 5.32 Å². The second-order valence-corrected chi connectivity index (χ2v) is 3.79.